The van der Waals surface area contributed by atoms with E-state index in [0.717, 1.165) is 34.8 Å². The van der Waals surface area contributed by atoms with E-state index in [-0.39, 0.29) is 5.82 Å². The van der Waals surface area contributed by atoms with Crippen molar-refractivity contribution in [1.82, 2.24) is 10.3 Å². The Morgan fingerprint density at radius 1 is 1.35 bits per heavy atom. The fourth-order valence-corrected chi connectivity index (χ4v) is 3.35. The van der Waals surface area contributed by atoms with Crippen LogP contribution in [0.15, 0.2) is 18.2 Å². The SMILES string of the molecule is CNCc1sc(-c2cc(F)ccc2C)nc1CC(C)C. The van der Waals surface area contributed by atoms with Gasteiger partial charge >= 0.3 is 0 Å². The van der Waals surface area contributed by atoms with Crippen molar-refractivity contribution >= 4 is 11.3 Å². The molecule has 0 fully saturated rings. The molecule has 0 spiro atoms. The highest BCUT2D eigenvalue weighted by atomic mass is 32.1. The minimum absolute atomic E-state index is 0.207. The van der Waals surface area contributed by atoms with Crippen LogP contribution in [-0.2, 0) is 13.0 Å². The van der Waals surface area contributed by atoms with E-state index in [9.17, 15) is 4.39 Å². The highest BCUT2D eigenvalue weighted by Crippen LogP contribution is 2.31. The summed E-state index contributed by atoms with van der Waals surface area (Å²) in [7, 11) is 1.94. The summed E-state index contributed by atoms with van der Waals surface area (Å²) in [5.41, 5.74) is 3.10. The molecule has 0 bridgehead atoms. The summed E-state index contributed by atoms with van der Waals surface area (Å²) in [6, 6.07) is 4.89. The molecule has 2 nitrogen and oxygen atoms in total. The normalized spacial score (nSPS) is 11.3. The van der Waals surface area contributed by atoms with E-state index >= 15 is 0 Å². The van der Waals surface area contributed by atoms with Gasteiger partial charge in [0.15, 0.2) is 0 Å². The van der Waals surface area contributed by atoms with Gasteiger partial charge in [-0.05, 0) is 44.0 Å². The quantitative estimate of drug-likeness (QED) is 0.894. The van der Waals surface area contributed by atoms with Crippen LogP contribution in [0, 0.1) is 18.7 Å². The summed E-state index contributed by atoms with van der Waals surface area (Å²) in [6.07, 6.45) is 0.960. The Morgan fingerprint density at radius 3 is 2.75 bits per heavy atom. The van der Waals surface area contributed by atoms with Crippen LogP contribution in [0.3, 0.4) is 0 Å². The van der Waals surface area contributed by atoms with Gasteiger partial charge in [-0.1, -0.05) is 19.9 Å². The fourth-order valence-electron chi connectivity index (χ4n) is 2.17. The van der Waals surface area contributed by atoms with E-state index < -0.39 is 0 Å². The van der Waals surface area contributed by atoms with Gasteiger partial charge in [0.1, 0.15) is 10.8 Å². The van der Waals surface area contributed by atoms with Crippen molar-refractivity contribution in [3.63, 3.8) is 0 Å². The van der Waals surface area contributed by atoms with Crippen molar-refractivity contribution in [2.75, 3.05) is 7.05 Å². The number of thiazole rings is 1. The van der Waals surface area contributed by atoms with Crippen LogP contribution in [0.2, 0.25) is 0 Å². The predicted molar refractivity (Wildman–Crippen MR) is 83.6 cm³/mol. The highest BCUT2D eigenvalue weighted by Gasteiger charge is 2.15. The molecule has 0 aliphatic rings. The van der Waals surface area contributed by atoms with E-state index in [1.807, 2.05) is 20.0 Å². The average Bonchev–Trinajstić information content (AvgIpc) is 2.75. The molecular formula is C16H21FN2S. The maximum absolute atomic E-state index is 13.5. The Labute approximate surface area is 124 Å². The third-order valence-corrected chi connectivity index (χ3v) is 4.28. The molecule has 0 saturated carbocycles. The lowest BCUT2D eigenvalue weighted by atomic mass is 10.1. The number of halogens is 1. The van der Waals surface area contributed by atoms with Crippen molar-refractivity contribution in [2.45, 2.75) is 33.7 Å². The third kappa shape index (κ3) is 3.44. The van der Waals surface area contributed by atoms with Gasteiger partial charge in [0, 0.05) is 17.0 Å². The van der Waals surface area contributed by atoms with E-state index in [4.69, 9.17) is 4.98 Å². The summed E-state index contributed by atoms with van der Waals surface area (Å²) in [5, 5.41) is 4.10. The Hall–Kier alpha value is -1.26. The highest BCUT2D eigenvalue weighted by molar-refractivity contribution is 7.15. The number of hydrogen-bond donors (Lipinski definition) is 1. The molecular weight excluding hydrogens is 271 g/mol. The summed E-state index contributed by atoms with van der Waals surface area (Å²) in [5.74, 6) is 0.357. The lowest BCUT2D eigenvalue weighted by Crippen LogP contribution is -2.07. The molecule has 1 N–H and O–H groups in total. The number of rotatable bonds is 5. The van der Waals surface area contributed by atoms with Crippen molar-refractivity contribution in [3.05, 3.63) is 40.2 Å². The second-order valence-electron chi connectivity index (χ2n) is 5.48. The van der Waals surface area contributed by atoms with Gasteiger partial charge in [-0.25, -0.2) is 9.37 Å². The van der Waals surface area contributed by atoms with Gasteiger partial charge in [0.2, 0.25) is 0 Å². The average molecular weight is 292 g/mol. The van der Waals surface area contributed by atoms with Gasteiger partial charge in [-0.3, -0.25) is 0 Å². The number of aryl methyl sites for hydroxylation is 1. The molecule has 2 rings (SSSR count). The number of nitrogens with zero attached hydrogens (tertiary/aromatic N) is 1. The smallest absolute Gasteiger partial charge is 0.124 e. The topological polar surface area (TPSA) is 24.9 Å². The first-order valence-electron chi connectivity index (χ1n) is 6.91. The first-order chi connectivity index (χ1) is 9.51. The maximum Gasteiger partial charge on any atom is 0.124 e. The monoisotopic (exact) mass is 292 g/mol. The Balaban J connectivity index is 2.44. The van der Waals surface area contributed by atoms with E-state index in [2.05, 4.69) is 19.2 Å². The molecule has 0 aliphatic heterocycles. The first-order valence-corrected chi connectivity index (χ1v) is 7.72. The lowest BCUT2D eigenvalue weighted by Gasteiger charge is -2.04. The fraction of sp³-hybridized carbons (Fsp3) is 0.438. The largest absolute Gasteiger partial charge is 0.315 e. The molecule has 0 atom stereocenters. The number of nitrogens with one attached hydrogen (secondary N) is 1. The third-order valence-electron chi connectivity index (χ3n) is 3.15. The van der Waals surface area contributed by atoms with Gasteiger partial charge in [0.05, 0.1) is 5.69 Å². The van der Waals surface area contributed by atoms with Crippen LogP contribution in [0.25, 0.3) is 10.6 Å². The van der Waals surface area contributed by atoms with Crippen LogP contribution in [0.1, 0.15) is 30.0 Å². The lowest BCUT2D eigenvalue weighted by molar-refractivity contribution is 0.627. The zero-order valence-corrected chi connectivity index (χ0v) is 13.3. The van der Waals surface area contributed by atoms with Crippen LogP contribution in [0.5, 0.6) is 0 Å². The van der Waals surface area contributed by atoms with Gasteiger partial charge in [-0.2, -0.15) is 0 Å². The second kappa shape index (κ2) is 6.46. The Bertz CT molecular complexity index is 590. The molecule has 2 aromatic rings. The van der Waals surface area contributed by atoms with E-state index in [1.54, 1.807) is 17.4 Å². The Kier molecular flexibility index (Phi) is 4.89. The molecule has 20 heavy (non-hydrogen) atoms. The van der Waals surface area contributed by atoms with Crippen LogP contribution in [-0.4, -0.2) is 12.0 Å². The molecule has 0 saturated heterocycles. The van der Waals surface area contributed by atoms with Gasteiger partial charge in [-0.15, -0.1) is 11.3 Å². The number of aromatic nitrogens is 1. The summed E-state index contributed by atoms with van der Waals surface area (Å²) in [4.78, 5) is 6.00. The zero-order chi connectivity index (χ0) is 14.7. The molecule has 1 heterocycles. The summed E-state index contributed by atoms with van der Waals surface area (Å²) in [6.45, 7) is 7.19. The predicted octanol–water partition coefficient (Wildman–Crippen LogP) is 4.18. The minimum atomic E-state index is -0.207. The Morgan fingerprint density at radius 2 is 2.10 bits per heavy atom. The summed E-state index contributed by atoms with van der Waals surface area (Å²) < 4.78 is 13.5. The molecule has 0 aliphatic carbocycles. The van der Waals surface area contributed by atoms with Crippen molar-refractivity contribution in [2.24, 2.45) is 5.92 Å². The van der Waals surface area contributed by atoms with Gasteiger partial charge < -0.3 is 5.32 Å². The number of benzene rings is 1. The van der Waals surface area contributed by atoms with E-state index in [1.165, 1.54) is 10.9 Å². The van der Waals surface area contributed by atoms with E-state index in [0.29, 0.717) is 5.92 Å². The minimum Gasteiger partial charge on any atom is -0.315 e. The molecule has 108 valence electrons. The standard InChI is InChI=1S/C16H21FN2S/c1-10(2)7-14-15(9-18-4)20-16(19-14)13-8-12(17)6-5-11(13)3/h5-6,8,10,18H,7,9H2,1-4H3. The second-order valence-corrected chi connectivity index (χ2v) is 6.56. The van der Waals surface area contributed by atoms with Crippen molar-refractivity contribution in [3.8, 4) is 10.6 Å². The zero-order valence-electron chi connectivity index (χ0n) is 12.5. The molecule has 0 unspecified atom stereocenters. The molecule has 1 aromatic heterocycles. The van der Waals surface area contributed by atoms with Gasteiger partial charge in [0.25, 0.3) is 0 Å². The van der Waals surface area contributed by atoms with Crippen molar-refractivity contribution < 1.29 is 4.39 Å². The number of hydrogen-bond acceptors (Lipinski definition) is 3. The first kappa shape index (κ1) is 15.1. The van der Waals surface area contributed by atoms with Crippen LogP contribution in [0.4, 0.5) is 4.39 Å². The summed E-state index contributed by atoms with van der Waals surface area (Å²) >= 11 is 1.66. The molecule has 4 heteroatoms. The van der Waals surface area contributed by atoms with Crippen LogP contribution >= 0.6 is 11.3 Å². The maximum atomic E-state index is 13.5. The molecule has 1 aromatic carbocycles. The van der Waals surface area contributed by atoms with Crippen LogP contribution < -0.4 is 5.32 Å². The van der Waals surface area contributed by atoms with Crippen molar-refractivity contribution in [1.29, 1.82) is 0 Å². The molecule has 0 amide bonds. The molecule has 0 radical (unpaired) electrons.